The Balaban J connectivity index is 1.56. The van der Waals surface area contributed by atoms with E-state index in [-0.39, 0.29) is 24.1 Å². The van der Waals surface area contributed by atoms with Gasteiger partial charge in [0.25, 0.3) is 0 Å². The highest BCUT2D eigenvalue weighted by Crippen LogP contribution is 2.36. The van der Waals surface area contributed by atoms with Crippen molar-refractivity contribution in [2.24, 2.45) is 0 Å². The number of aromatic nitrogens is 2. The number of nitrogens with zero attached hydrogens (tertiary/aromatic N) is 3. The number of amides is 1. The van der Waals surface area contributed by atoms with E-state index in [9.17, 15) is 9.90 Å². The van der Waals surface area contributed by atoms with Gasteiger partial charge in [0.15, 0.2) is 4.96 Å². The standard InChI is InChI=1S/C15H19N3O2S/c1-9-7-17-12(8-21-15(17)16-9)6-14(20)18-10-2-3-11(18)5-13(19)4-10/h7-8,10-11,13,19H,2-6H2,1H3. The topological polar surface area (TPSA) is 57.8 Å². The smallest absolute Gasteiger partial charge is 0.229 e. The summed E-state index contributed by atoms with van der Waals surface area (Å²) in [6.45, 7) is 1.97. The first-order valence-electron chi connectivity index (χ1n) is 7.53. The van der Waals surface area contributed by atoms with Gasteiger partial charge < -0.3 is 10.0 Å². The summed E-state index contributed by atoms with van der Waals surface area (Å²) >= 11 is 1.58. The van der Waals surface area contributed by atoms with Crippen LogP contribution in [0.3, 0.4) is 0 Å². The highest BCUT2D eigenvalue weighted by atomic mass is 32.1. The monoisotopic (exact) mass is 305 g/mol. The third-order valence-corrected chi connectivity index (χ3v) is 5.62. The molecule has 0 spiro atoms. The van der Waals surface area contributed by atoms with Crippen LogP contribution in [0.15, 0.2) is 11.6 Å². The van der Waals surface area contributed by atoms with Gasteiger partial charge in [-0.15, -0.1) is 11.3 Å². The molecule has 2 aliphatic rings. The number of aryl methyl sites for hydroxylation is 1. The van der Waals surface area contributed by atoms with Crippen LogP contribution in [0.25, 0.3) is 4.96 Å². The molecule has 21 heavy (non-hydrogen) atoms. The van der Waals surface area contributed by atoms with Crippen LogP contribution in [0.2, 0.25) is 0 Å². The number of aliphatic hydroxyl groups is 1. The van der Waals surface area contributed by atoms with E-state index in [2.05, 4.69) is 4.98 Å². The molecule has 112 valence electrons. The molecule has 2 bridgehead atoms. The Morgan fingerprint density at radius 3 is 2.86 bits per heavy atom. The van der Waals surface area contributed by atoms with Gasteiger partial charge in [0, 0.05) is 29.4 Å². The van der Waals surface area contributed by atoms with Gasteiger partial charge in [-0.05, 0) is 32.6 Å². The molecule has 2 fully saturated rings. The van der Waals surface area contributed by atoms with Crippen LogP contribution in [0.4, 0.5) is 0 Å². The van der Waals surface area contributed by atoms with E-state index in [4.69, 9.17) is 0 Å². The molecule has 4 rings (SSSR count). The summed E-state index contributed by atoms with van der Waals surface area (Å²) in [7, 11) is 0. The van der Waals surface area contributed by atoms with Gasteiger partial charge >= 0.3 is 0 Å². The Kier molecular flexibility index (Phi) is 3.04. The largest absolute Gasteiger partial charge is 0.393 e. The number of fused-ring (bicyclic) bond motifs is 3. The van der Waals surface area contributed by atoms with Gasteiger partial charge in [-0.2, -0.15) is 0 Å². The first-order valence-corrected chi connectivity index (χ1v) is 8.41. The summed E-state index contributed by atoms with van der Waals surface area (Å²) in [6, 6.07) is 0.481. The summed E-state index contributed by atoms with van der Waals surface area (Å²) in [5.41, 5.74) is 2.00. The number of hydrogen-bond acceptors (Lipinski definition) is 4. The zero-order valence-electron chi connectivity index (χ0n) is 12.0. The van der Waals surface area contributed by atoms with Gasteiger partial charge in [0.1, 0.15) is 0 Å². The van der Waals surface area contributed by atoms with Crippen LogP contribution in [-0.4, -0.2) is 43.5 Å². The summed E-state index contributed by atoms with van der Waals surface area (Å²) in [4.78, 5) is 20.1. The van der Waals surface area contributed by atoms with Crippen LogP contribution in [0.5, 0.6) is 0 Å². The van der Waals surface area contributed by atoms with Crippen molar-refractivity contribution in [3.05, 3.63) is 23.0 Å². The minimum atomic E-state index is -0.226. The highest BCUT2D eigenvalue weighted by molar-refractivity contribution is 7.15. The van der Waals surface area contributed by atoms with Crippen molar-refractivity contribution in [1.29, 1.82) is 0 Å². The lowest BCUT2D eigenvalue weighted by molar-refractivity contribution is -0.136. The van der Waals surface area contributed by atoms with Crippen molar-refractivity contribution in [2.75, 3.05) is 0 Å². The first-order chi connectivity index (χ1) is 10.1. The Bertz CT molecular complexity index is 678. The number of thiazole rings is 1. The fourth-order valence-corrected chi connectivity index (χ4v) is 4.79. The molecular weight excluding hydrogens is 286 g/mol. The Labute approximate surface area is 127 Å². The average Bonchev–Trinajstić information content (AvgIpc) is 3.03. The van der Waals surface area contributed by atoms with Crippen molar-refractivity contribution < 1.29 is 9.90 Å². The van der Waals surface area contributed by atoms with Crippen LogP contribution in [-0.2, 0) is 11.2 Å². The molecule has 5 nitrogen and oxygen atoms in total. The van der Waals surface area contributed by atoms with Gasteiger partial charge in [0.05, 0.1) is 18.2 Å². The number of carbonyl (C=O) groups is 1. The number of imidazole rings is 1. The minimum Gasteiger partial charge on any atom is -0.393 e. The Hall–Kier alpha value is -1.40. The van der Waals surface area contributed by atoms with Crippen LogP contribution >= 0.6 is 11.3 Å². The lowest BCUT2D eigenvalue weighted by Crippen LogP contribution is -2.48. The molecule has 2 atom stereocenters. The van der Waals surface area contributed by atoms with Crippen molar-refractivity contribution in [2.45, 2.75) is 57.2 Å². The van der Waals surface area contributed by atoms with Gasteiger partial charge in [-0.1, -0.05) is 0 Å². The van der Waals surface area contributed by atoms with Gasteiger partial charge in [-0.3, -0.25) is 9.20 Å². The molecule has 0 radical (unpaired) electrons. The molecule has 2 aliphatic heterocycles. The molecule has 1 amide bonds. The number of aliphatic hydroxyl groups excluding tert-OH is 1. The van der Waals surface area contributed by atoms with E-state index in [0.717, 1.165) is 42.0 Å². The Morgan fingerprint density at radius 1 is 1.43 bits per heavy atom. The average molecular weight is 305 g/mol. The predicted octanol–water partition coefficient (Wildman–Crippen LogP) is 1.76. The van der Waals surface area contributed by atoms with Crippen LogP contribution in [0, 0.1) is 6.92 Å². The molecule has 0 aromatic carbocycles. The van der Waals surface area contributed by atoms with Crippen LogP contribution < -0.4 is 0 Å². The fourth-order valence-electron chi connectivity index (χ4n) is 3.87. The molecule has 2 aromatic rings. The zero-order valence-corrected chi connectivity index (χ0v) is 12.8. The minimum absolute atomic E-state index is 0.195. The van der Waals surface area contributed by atoms with Crippen molar-refractivity contribution >= 4 is 22.2 Å². The third kappa shape index (κ3) is 2.17. The molecule has 4 heterocycles. The number of rotatable bonds is 2. The number of hydrogen-bond donors (Lipinski definition) is 1. The summed E-state index contributed by atoms with van der Waals surface area (Å²) in [5.74, 6) is 0.195. The zero-order chi connectivity index (χ0) is 14.6. The van der Waals surface area contributed by atoms with Crippen molar-refractivity contribution in [3.8, 4) is 0 Å². The second kappa shape index (κ2) is 4.81. The maximum atomic E-state index is 12.7. The van der Waals surface area contributed by atoms with E-state index < -0.39 is 0 Å². The third-order valence-electron chi connectivity index (χ3n) is 4.73. The quantitative estimate of drug-likeness (QED) is 0.920. The maximum absolute atomic E-state index is 12.7. The summed E-state index contributed by atoms with van der Waals surface area (Å²) in [5, 5.41) is 11.9. The molecule has 6 heteroatoms. The molecular formula is C15H19N3O2S. The van der Waals surface area contributed by atoms with E-state index in [1.165, 1.54) is 0 Å². The molecule has 2 unspecified atom stereocenters. The molecule has 2 saturated heterocycles. The normalized spacial score (nSPS) is 28.5. The number of piperidine rings is 1. The van der Waals surface area contributed by atoms with E-state index in [1.807, 2.05) is 27.8 Å². The summed E-state index contributed by atoms with van der Waals surface area (Å²) < 4.78 is 2.03. The molecule has 1 N–H and O–H groups in total. The van der Waals surface area contributed by atoms with E-state index in [0.29, 0.717) is 6.42 Å². The van der Waals surface area contributed by atoms with E-state index >= 15 is 0 Å². The lowest BCUT2D eigenvalue weighted by Gasteiger charge is -2.37. The highest BCUT2D eigenvalue weighted by Gasteiger charge is 2.42. The fraction of sp³-hybridized carbons (Fsp3) is 0.600. The summed E-state index contributed by atoms with van der Waals surface area (Å²) in [6.07, 6.45) is 5.75. The van der Waals surface area contributed by atoms with Gasteiger partial charge in [-0.25, -0.2) is 4.98 Å². The molecule has 0 saturated carbocycles. The predicted molar refractivity (Wildman–Crippen MR) is 80.4 cm³/mol. The molecule has 2 aromatic heterocycles. The maximum Gasteiger partial charge on any atom is 0.229 e. The second-order valence-corrected chi connectivity index (χ2v) is 7.09. The first kappa shape index (κ1) is 13.3. The van der Waals surface area contributed by atoms with Crippen molar-refractivity contribution in [3.63, 3.8) is 0 Å². The van der Waals surface area contributed by atoms with Crippen molar-refractivity contribution in [1.82, 2.24) is 14.3 Å². The lowest BCUT2D eigenvalue weighted by atomic mass is 9.99. The SMILES string of the molecule is Cc1cn2c(CC(=O)N3C4CCC3CC(O)C4)csc2n1. The van der Waals surface area contributed by atoms with Gasteiger partial charge in [0.2, 0.25) is 5.91 Å². The number of carbonyl (C=O) groups excluding carboxylic acids is 1. The molecule has 0 aliphatic carbocycles. The van der Waals surface area contributed by atoms with Crippen LogP contribution in [0.1, 0.15) is 37.1 Å². The second-order valence-electron chi connectivity index (χ2n) is 6.25. The van der Waals surface area contributed by atoms with E-state index in [1.54, 1.807) is 11.3 Å². The Morgan fingerprint density at radius 2 is 2.14 bits per heavy atom.